The summed E-state index contributed by atoms with van der Waals surface area (Å²) in [4.78, 5) is 23.3. The molecule has 0 heterocycles. The van der Waals surface area contributed by atoms with Gasteiger partial charge in [0.15, 0.2) is 0 Å². The number of hydrogen-bond acceptors (Lipinski definition) is 4. The maximum Gasteiger partial charge on any atom is 0.426 e. The van der Waals surface area contributed by atoms with E-state index in [0.29, 0.717) is 6.42 Å². The van der Waals surface area contributed by atoms with Gasteiger partial charge in [0.1, 0.15) is 5.75 Å². The zero-order valence-corrected chi connectivity index (χ0v) is 13.7. The van der Waals surface area contributed by atoms with Gasteiger partial charge in [0.2, 0.25) is 0 Å². The van der Waals surface area contributed by atoms with Crippen LogP contribution in [0, 0.1) is 0 Å². The molecule has 0 aromatic heterocycles. The van der Waals surface area contributed by atoms with Crippen LogP contribution in [0.2, 0.25) is 0 Å². The van der Waals surface area contributed by atoms with E-state index in [1.165, 1.54) is 24.3 Å². The number of hydrogen-bond donors (Lipinski definition) is 3. The normalized spacial score (nSPS) is 9.96. The minimum Gasteiger partial charge on any atom is -0.508 e. The Bertz CT molecular complexity index is 706. The van der Waals surface area contributed by atoms with Gasteiger partial charge in [0, 0.05) is 16.5 Å². The summed E-state index contributed by atoms with van der Waals surface area (Å²) in [5.41, 5.74) is 5.59. The number of benzene rings is 2. The van der Waals surface area contributed by atoms with Gasteiger partial charge < -0.3 is 9.84 Å². The standard InChI is InChI=1S/C16H15BrN2O4/c17-14-7-2-1-4-11(14)8-9-23-16(22)19-18-15(21)12-5-3-6-13(20)10-12/h1-7,10,20H,8-9H2,(H,18,21)(H,19,22). The Morgan fingerprint density at radius 2 is 1.87 bits per heavy atom. The molecule has 0 spiro atoms. The number of phenols is 1. The highest BCUT2D eigenvalue weighted by molar-refractivity contribution is 9.10. The second-order valence-corrected chi connectivity index (χ2v) is 5.46. The number of hydrazine groups is 1. The van der Waals surface area contributed by atoms with Crippen LogP contribution in [0.15, 0.2) is 53.0 Å². The van der Waals surface area contributed by atoms with Crippen LogP contribution in [0.4, 0.5) is 4.79 Å². The van der Waals surface area contributed by atoms with Crippen LogP contribution in [0.25, 0.3) is 0 Å². The van der Waals surface area contributed by atoms with Crippen molar-refractivity contribution < 1.29 is 19.4 Å². The van der Waals surface area contributed by atoms with Crippen molar-refractivity contribution in [2.24, 2.45) is 0 Å². The van der Waals surface area contributed by atoms with Crippen molar-refractivity contribution >= 4 is 27.9 Å². The molecule has 0 fully saturated rings. The summed E-state index contributed by atoms with van der Waals surface area (Å²) in [5, 5.41) is 9.29. The number of halogens is 1. The van der Waals surface area contributed by atoms with Crippen LogP contribution in [-0.2, 0) is 11.2 Å². The zero-order valence-electron chi connectivity index (χ0n) is 12.1. The molecule has 0 atom stereocenters. The third-order valence-electron chi connectivity index (χ3n) is 2.95. The molecule has 0 saturated carbocycles. The first-order valence-corrected chi connectivity index (χ1v) is 7.61. The summed E-state index contributed by atoms with van der Waals surface area (Å²) in [6.07, 6.45) is -0.208. The van der Waals surface area contributed by atoms with E-state index >= 15 is 0 Å². The molecule has 2 aromatic carbocycles. The molecule has 23 heavy (non-hydrogen) atoms. The number of ether oxygens (including phenoxy) is 1. The lowest BCUT2D eigenvalue weighted by Gasteiger charge is -2.09. The van der Waals surface area contributed by atoms with Crippen molar-refractivity contribution in [1.82, 2.24) is 10.9 Å². The number of rotatable bonds is 4. The maximum absolute atomic E-state index is 11.7. The highest BCUT2D eigenvalue weighted by Crippen LogP contribution is 2.16. The Hall–Kier alpha value is -2.54. The molecule has 2 aromatic rings. The third kappa shape index (κ3) is 5.30. The van der Waals surface area contributed by atoms with E-state index < -0.39 is 12.0 Å². The van der Waals surface area contributed by atoms with Crippen LogP contribution in [-0.4, -0.2) is 23.7 Å². The Morgan fingerprint density at radius 1 is 1.09 bits per heavy atom. The first kappa shape index (κ1) is 16.8. The van der Waals surface area contributed by atoms with Gasteiger partial charge in [-0.2, -0.15) is 0 Å². The minimum atomic E-state index is -0.759. The largest absolute Gasteiger partial charge is 0.508 e. The fourth-order valence-corrected chi connectivity index (χ4v) is 2.30. The van der Waals surface area contributed by atoms with Gasteiger partial charge in [-0.05, 0) is 29.8 Å². The van der Waals surface area contributed by atoms with Crippen molar-refractivity contribution in [3.05, 3.63) is 64.1 Å². The lowest BCUT2D eigenvalue weighted by molar-refractivity contribution is 0.0910. The Morgan fingerprint density at radius 3 is 2.61 bits per heavy atom. The van der Waals surface area contributed by atoms with E-state index in [1.807, 2.05) is 24.3 Å². The second kappa shape index (κ2) is 8.19. The average Bonchev–Trinajstić information content (AvgIpc) is 2.54. The molecule has 3 N–H and O–H groups in total. The van der Waals surface area contributed by atoms with Gasteiger partial charge in [-0.25, -0.2) is 10.2 Å². The lowest BCUT2D eigenvalue weighted by Crippen LogP contribution is -2.42. The van der Waals surface area contributed by atoms with E-state index in [4.69, 9.17) is 4.74 Å². The molecular weight excluding hydrogens is 364 g/mol. The molecule has 0 unspecified atom stereocenters. The summed E-state index contributed by atoms with van der Waals surface area (Å²) >= 11 is 3.41. The molecule has 0 aliphatic rings. The summed E-state index contributed by atoms with van der Waals surface area (Å²) in [7, 11) is 0. The quantitative estimate of drug-likeness (QED) is 0.713. The summed E-state index contributed by atoms with van der Waals surface area (Å²) < 4.78 is 5.92. The van der Waals surface area contributed by atoms with Gasteiger partial charge >= 0.3 is 6.09 Å². The van der Waals surface area contributed by atoms with Crippen LogP contribution in [0.1, 0.15) is 15.9 Å². The van der Waals surface area contributed by atoms with E-state index in [-0.39, 0.29) is 17.9 Å². The predicted octanol–water partition coefficient (Wildman–Crippen LogP) is 2.77. The summed E-state index contributed by atoms with van der Waals surface area (Å²) in [5.74, 6) is -0.586. The highest BCUT2D eigenvalue weighted by atomic mass is 79.9. The topological polar surface area (TPSA) is 87.7 Å². The molecule has 0 radical (unpaired) electrons. The molecule has 2 amide bonds. The average molecular weight is 379 g/mol. The van der Waals surface area contributed by atoms with Crippen LogP contribution < -0.4 is 10.9 Å². The van der Waals surface area contributed by atoms with Crippen molar-refractivity contribution in [2.45, 2.75) is 6.42 Å². The number of nitrogens with one attached hydrogen (secondary N) is 2. The van der Waals surface area contributed by atoms with E-state index in [1.54, 1.807) is 0 Å². The molecule has 0 bridgehead atoms. The zero-order chi connectivity index (χ0) is 16.7. The number of amides is 2. The van der Waals surface area contributed by atoms with E-state index in [9.17, 15) is 14.7 Å². The van der Waals surface area contributed by atoms with Gasteiger partial charge in [0.25, 0.3) is 5.91 Å². The van der Waals surface area contributed by atoms with E-state index in [2.05, 4.69) is 26.8 Å². The summed E-state index contributed by atoms with van der Waals surface area (Å²) in [6, 6.07) is 13.4. The number of aromatic hydroxyl groups is 1. The van der Waals surface area contributed by atoms with Crippen molar-refractivity contribution in [1.29, 1.82) is 0 Å². The van der Waals surface area contributed by atoms with Gasteiger partial charge in [-0.15, -0.1) is 0 Å². The molecule has 0 aliphatic heterocycles. The third-order valence-corrected chi connectivity index (χ3v) is 3.72. The van der Waals surface area contributed by atoms with Crippen molar-refractivity contribution in [3.63, 3.8) is 0 Å². The molecule has 6 nitrogen and oxygen atoms in total. The van der Waals surface area contributed by atoms with Gasteiger partial charge in [0.05, 0.1) is 6.61 Å². The lowest BCUT2D eigenvalue weighted by atomic mass is 10.2. The summed E-state index contributed by atoms with van der Waals surface area (Å²) in [6.45, 7) is 0.177. The molecule has 2 rings (SSSR count). The highest BCUT2D eigenvalue weighted by Gasteiger charge is 2.08. The first-order chi connectivity index (χ1) is 11.1. The fraction of sp³-hybridized carbons (Fsp3) is 0.125. The number of phenolic OH excluding ortho intramolecular Hbond substituents is 1. The Labute approximate surface area is 141 Å². The van der Waals surface area contributed by atoms with Crippen molar-refractivity contribution in [3.8, 4) is 5.75 Å². The molecule has 0 saturated heterocycles. The molecule has 0 aliphatic carbocycles. The first-order valence-electron chi connectivity index (χ1n) is 6.82. The fourth-order valence-electron chi connectivity index (χ4n) is 1.82. The maximum atomic E-state index is 11.7. The van der Waals surface area contributed by atoms with Gasteiger partial charge in [-0.1, -0.05) is 40.2 Å². The minimum absolute atomic E-state index is 0.0336. The van der Waals surface area contributed by atoms with Crippen molar-refractivity contribution in [2.75, 3.05) is 6.61 Å². The van der Waals surface area contributed by atoms with Crippen LogP contribution in [0.3, 0.4) is 0 Å². The monoisotopic (exact) mass is 378 g/mol. The van der Waals surface area contributed by atoms with Crippen LogP contribution in [0.5, 0.6) is 5.75 Å². The SMILES string of the molecule is O=C(NNC(=O)c1cccc(O)c1)OCCc1ccccc1Br. The van der Waals surface area contributed by atoms with E-state index in [0.717, 1.165) is 10.0 Å². The Balaban J connectivity index is 1.73. The molecule has 120 valence electrons. The second-order valence-electron chi connectivity index (χ2n) is 4.61. The number of carbonyl (C=O) groups excluding carboxylic acids is 2. The van der Waals surface area contributed by atoms with Crippen LogP contribution >= 0.6 is 15.9 Å². The molecular formula is C16H15BrN2O4. The van der Waals surface area contributed by atoms with Gasteiger partial charge in [-0.3, -0.25) is 10.2 Å². The number of carbonyl (C=O) groups is 2. The Kier molecular flexibility index (Phi) is 5.99. The molecule has 7 heteroatoms. The smallest absolute Gasteiger partial charge is 0.426 e. The predicted molar refractivity (Wildman–Crippen MR) is 87.9 cm³/mol.